The van der Waals surface area contributed by atoms with E-state index in [-0.39, 0.29) is 22.7 Å². The van der Waals surface area contributed by atoms with E-state index in [1.165, 1.54) is 18.3 Å². The van der Waals surface area contributed by atoms with Crippen LogP contribution in [0.2, 0.25) is 0 Å². The smallest absolute Gasteiger partial charge is 0.416 e. The van der Waals surface area contributed by atoms with Crippen molar-refractivity contribution in [2.75, 3.05) is 0 Å². The van der Waals surface area contributed by atoms with Gasteiger partial charge in [0.2, 0.25) is 0 Å². The van der Waals surface area contributed by atoms with Crippen LogP contribution in [-0.2, 0) is 17.5 Å². The zero-order valence-corrected chi connectivity index (χ0v) is 16.3. The van der Waals surface area contributed by atoms with Crippen molar-refractivity contribution in [1.82, 2.24) is 14.9 Å². The summed E-state index contributed by atoms with van der Waals surface area (Å²) in [6.45, 7) is 0.529. The van der Waals surface area contributed by atoms with Crippen molar-refractivity contribution < 1.29 is 37.4 Å². The lowest BCUT2D eigenvalue weighted by Crippen LogP contribution is -2.41. The molecule has 2 heterocycles. The molecule has 3 N–H and O–H groups in total. The third kappa shape index (κ3) is 4.24. The largest absolute Gasteiger partial charge is 0.506 e. The lowest BCUT2D eigenvalue weighted by Gasteiger charge is -2.16. The normalized spacial score (nSPS) is 12.5. The predicted octanol–water partition coefficient (Wildman–Crippen LogP) is 2.51. The molecule has 12 heteroatoms. The van der Waals surface area contributed by atoms with Crippen LogP contribution in [0.4, 0.5) is 17.6 Å². The molecule has 0 aliphatic heterocycles. The summed E-state index contributed by atoms with van der Waals surface area (Å²) in [5.41, 5.74) is -3.63. The Hall–Kier alpha value is -3.96. The maximum Gasteiger partial charge on any atom is 0.416 e. The summed E-state index contributed by atoms with van der Waals surface area (Å²) in [5.74, 6) is -4.60. The molecular formula is C20H15F4N3O5. The van der Waals surface area contributed by atoms with Crippen molar-refractivity contribution in [2.45, 2.75) is 25.7 Å². The molecule has 0 spiro atoms. The summed E-state index contributed by atoms with van der Waals surface area (Å²) in [5, 5.41) is 21.4. The Bertz CT molecular complexity index is 1290. The van der Waals surface area contributed by atoms with Gasteiger partial charge in [-0.3, -0.25) is 19.0 Å². The maximum atomic E-state index is 14.4. The number of carbonyl (C=O) groups is 2. The number of aliphatic carboxylic acids is 1. The average Bonchev–Trinajstić information content (AvgIpc) is 2.71. The highest BCUT2D eigenvalue weighted by Gasteiger charge is 2.31. The molecule has 3 aromatic rings. The quantitative estimate of drug-likeness (QED) is 0.511. The van der Waals surface area contributed by atoms with E-state index in [0.29, 0.717) is 6.07 Å². The molecule has 0 saturated carbocycles. The molecule has 2 aromatic heterocycles. The van der Waals surface area contributed by atoms with Gasteiger partial charge in [-0.2, -0.15) is 13.2 Å². The first-order chi connectivity index (χ1) is 14.9. The number of carboxylic acid groups (broad SMARTS) is 1. The Balaban J connectivity index is 2.16. The molecule has 0 aliphatic carbocycles. The van der Waals surface area contributed by atoms with Crippen LogP contribution < -0.4 is 10.9 Å². The second-order valence-corrected chi connectivity index (χ2v) is 6.83. The van der Waals surface area contributed by atoms with E-state index < -0.39 is 58.9 Å². The molecule has 1 amide bonds. The molecule has 0 bridgehead atoms. The standard InChI is InChI=1S/C20H15F4N3O5/c1-9(19(31)32)26-17(29)14-15(28)12-3-2-6-25-16(12)27(18(14)30)8-10-4-5-11(7-13(10)21)20(22,23)24/h2-7,9,28H,8H2,1H3,(H,26,29)(H,31,32). The van der Waals surface area contributed by atoms with E-state index in [0.717, 1.165) is 17.6 Å². The number of carboxylic acids is 1. The summed E-state index contributed by atoms with van der Waals surface area (Å²) in [6, 6.07) is 3.07. The second kappa shape index (κ2) is 8.29. The fourth-order valence-corrected chi connectivity index (χ4v) is 2.97. The lowest BCUT2D eigenvalue weighted by molar-refractivity contribution is -0.139. The summed E-state index contributed by atoms with van der Waals surface area (Å²) >= 11 is 0. The molecule has 0 fully saturated rings. The van der Waals surface area contributed by atoms with Gasteiger partial charge < -0.3 is 15.5 Å². The van der Waals surface area contributed by atoms with Crippen LogP contribution in [0.25, 0.3) is 11.0 Å². The van der Waals surface area contributed by atoms with Crippen LogP contribution in [0.1, 0.15) is 28.4 Å². The van der Waals surface area contributed by atoms with Crippen molar-refractivity contribution in [3.8, 4) is 5.75 Å². The molecule has 1 aromatic carbocycles. The van der Waals surface area contributed by atoms with Crippen molar-refractivity contribution in [1.29, 1.82) is 0 Å². The van der Waals surface area contributed by atoms with Crippen molar-refractivity contribution in [3.05, 3.63) is 69.4 Å². The number of halogens is 4. The Morgan fingerprint density at radius 3 is 2.53 bits per heavy atom. The van der Waals surface area contributed by atoms with Crippen LogP contribution in [0, 0.1) is 5.82 Å². The zero-order chi connectivity index (χ0) is 23.8. The lowest BCUT2D eigenvalue weighted by atomic mass is 10.1. The number of hydrogen-bond acceptors (Lipinski definition) is 5. The molecule has 32 heavy (non-hydrogen) atoms. The molecular weight excluding hydrogens is 438 g/mol. The third-order valence-corrected chi connectivity index (χ3v) is 4.65. The first-order valence-corrected chi connectivity index (χ1v) is 9.01. The van der Waals surface area contributed by atoms with Crippen LogP contribution in [-0.4, -0.2) is 37.7 Å². The van der Waals surface area contributed by atoms with Gasteiger partial charge in [0, 0.05) is 11.8 Å². The van der Waals surface area contributed by atoms with Crippen LogP contribution in [0.15, 0.2) is 41.3 Å². The van der Waals surface area contributed by atoms with Gasteiger partial charge in [-0.15, -0.1) is 0 Å². The van der Waals surface area contributed by atoms with Crippen molar-refractivity contribution >= 4 is 22.9 Å². The Morgan fingerprint density at radius 2 is 1.94 bits per heavy atom. The number of carbonyl (C=O) groups excluding carboxylic acids is 1. The van der Waals surface area contributed by atoms with Crippen LogP contribution in [0.5, 0.6) is 5.75 Å². The third-order valence-electron chi connectivity index (χ3n) is 4.65. The van der Waals surface area contributed by atoms with Gasteiger partial charge in [0.15, 0.2) is 0 Å². The molecule has 1 unspecified atom stereocenters. The monoisotopic (exact) mass is 453 g/mol. The van der Waals surface area contributed by atoms with E-state index >= 15 is 0 Å². The van der Waals surface area contributed by atoms with E-state index in [2.05, 4.69) is 4.98 Å². The number of hydrogen-bond donors (Lipinski definition) is 3. The molecule has 8 nitrogen and oxygen atoms in total. The Kier molecular flexibility index (Phi) is 5.88. The van der Waals surface area contributed by atoms with Gasteiger partial charge in [-0.05, 0) is 31.2 Å². The van der Waals surface area contributed by atoms with Gasteiger partial charge in [-0.1, -0.05) is 6.07 Å². The summed E-state index contributed by atoms with van der Waals surface area (Å²) in [7, 11) is 0. The highest BCUT2D eigenvalue weighted by atomic mass is 19.4. The highest BCUT2D eigenvalue weighted by molar-refractivity contribution is 6.02. The number of aromatic nitrogens is 2. The molecule has 168 valence electrons. The SMILES string of the molecule is CC(NC(=O)c1c(O)c2cccnc2n(Cc2ccc(C(F)(F)F)cc2F)c1=O)C(=O)O. The van der Waals surface area contributed by atoms with Crippen LogP contribution >= 0.6 is 0 Å². The van der Waals surface area contributed by atoms with Gasteiger partial charge >= 0.3 is 12.1 Å². The summed E-state index contributed by atoms with van der Waals surface area (Å²) in [6.07, 6.45) is -3.51. The second-order valence-electron chi connectivity index (χ2n) is 6.83. The number of rotatable bonds is 5. The summed E-state index contributed by atoms with van der Waals surface area (Å²) in [4.78, 5) is 40.4. The number of benzene rings is 1. The van der Waals surface area contributed by atoms with Gasteiger partial charge in [0.1, 0.15) is 28.8 Å². The Labute approximate surface area is 176 Å². The highest BCUT2D eigenvalue weighted by Crippen LogP contribution is 2.31. The minimum Gasteiger partial charge on any atom is -0.506 e. The number of amides is 1. The van der Waals surface area contributed by atoms with Crippen LogP contribution in [0.3, 0.4) is 0 Å². The fourth-order valence-electron chi connectivity index (χ4n) is 2.97. The van der Waals surface area contributed by atoms with Crippen molar-refractivity contribution in [3.63, 3.8) is 0 Å². The van der Waals surface area contributed by atoms with Crippen molar-refractivity contribution in [2.24, 2.45) is 0 Å². The predicted molar refractivity (Wildman–Crippen MR) is 103 cm³/mol. The first kappa shape index (κ1) is 22.7. The van der Waals surface area contributed by atoms with E-state index in [9.17, 15) is 37.1 Å². The number of aromatic hydroxyl groups is 1. The van der Waals surface area contributed by atoms with E-state index in [4.69, 9.17) is 5.11 Å². The molecule has 3 rings (SSSR count). The molecule has 0 saturated heterocycles. The van der Waals surface area contributed by atoms with E-state index in [1.54, 1.807) is 0 Å². The Morgan fingerprint density at radius 1 is 1.25 bits per heavy atom. The van der Waals surface area contributed by atoms with Gasteiger partial charge in [0.25, 0.3) is 11.5 Å². The number of nitrogens with one attached hydrogen (secondary N) is 1. The minimum atomic E-state index is -4.77. The minimum absolute atomic E-state index is 0.0763. The average molecular weight is 453 g/mol. The topological polar surface area (TPSA) is 122 Å². The number of pyridine rings is 2. The van der Waals surface area contributed by atoms with Gasteiger partial charge in [-0.25, -0.2) is 9.37 Å². The summed E-state index contributed by atoms with van der Waals surface area (Å²) < 4.78 is 53.6. The van der Waals surface area contributed by atoms with E-state index in [1.807, 2.05) is 5.32 Å². The number of nitrogens with zero attached hydrogens (tertiary/aromatic N) is 2. The molecule has 1 atom stereocenters. The first-order valence-electron chi connectivity index (χ1n) is 9.01. The maximum absolute atomic E-state index is 14.4. The molecule has 0 aliphatic rings. The molecule has 0 radical (unpaired) electrons. The van der Waals surface area contributed by atoms with Gasteiger partial charge in [0.05, 0.1) is 17.5 Å². The zero-order valence-electron chi connectivity index (χ0n) is 16.3. The number of alkyl halides is 3. The number of fused-ring (bicyclic) bond motifs is 1. The fraction of sp³-hybridized carbons (Fsp3) is 0.200.